The summed E-state index contributed by atoms with van der Waals surface area (Å²) < 4.78 is 16.2. The first-order chi connectivity index (χ1) is 4.63. The summed E-state index contributed by atoms with van der Waals surface area (Å²) >= 11 is 0. The van der Waals surface area contributed by atoms with Crippen LogP contribution in [0.3, 0.4) is 0 Å². The molecular weight excluding hydrogens is 143 g/mol. The van der Waals surface area contributed by atoms with E-state index in [1.54, 1.807) is 0 Å². The summed E-state index contributed by atoms with van der Waals surface area (Å²) in [6.45, 7) is -0.893. The molecule has 4 nitrogen and oxygen atoms in total. The van der Waals surface area contributed by atoms with Crippen LogP contribution >= 0.6 is 0 Å². The van der Waals surface area contributed by atoms with E-state index in [1.165, 1.54) is 0 Å². The van der Waals surface area contributed by atoms with Gasteiger partial charge in [-0.3, -0.25) is 0 Å². The minimum atomic E-state index is -1.97. The number of hydrogen-bond donors (Lipinski definition) is 2. The third-order valence-corrected chi connectivity index (χ3v) is 0.960. The van der Waals surface area contributed by atoms with Gasteiger partial charge in [0.05, 0.1) is 13.7 Å². The van der Waals surface area contributed by atoms with Gasteiger partial charge in [-0.05, 0) is 0 Å². The molecule has 0 radical (unpaired) electrons. The fourth-order valence-corrected chi connectivity index (χ4v) is 0.368. The monoisotopic (exact) mass is 152 g/mol. The number of alkyl halides is 1. The second-order valence-corrected chi connectivity index (χ2v) is 1.67. The van der Waals surface area contributed by atoms with E-state index < -0.39 is 24.9 Å². The van der Waals surface area contributed by atoms with Crippen LogP contribution in [-0.2, 0) is 9.53 Å². The Hall–Kier alpha value is -0.680. The Labute approximate surface area is 57.2 Å². The highest BCUT2D eigenvalue weighted by molar-refractivity contribution is 5.74. The van der Waals surface area contributed by atoms with Crippen molar-refractivity contribution in [2.75, 3.05) is 13.7 Å². The molecule has 0 aromatic heterocycles. The van der Waals surface area contributed by atoms with Crippen LogP contribution in [0, 0.1) is 0 Å². The van der Waals surface area contributed by atoms with E-state index in [2.05, 4.69) is 4.74 Å². The summed E-state index contributed by atoms with van der Waals surface area (Å²) in [5, 5.41) is 16.7. The van der Waals surface area contributed by atoms with E-state index in [9.17, 15) is 9.18 Å². The summed E-state index contributed by atoms with van der Waals surface area (Å²) in [7, 11) is 1.02. The zero-order valence-corrected chi connectivity index (χ0v) is 5.45. The van der Waals surface area contributed by atoms with Crippen molar-refractivity contribution in [3.8, 4) is 0 Å². The number of carbonyl (C=O) groups excluding carboxylic acids is 1. The van der Waals surface area contributed by atoms with Crippen LogP contribution in [0.25, 0.3) is 0 Å². The number of ether oxygens (including phenoxy) is 1. The molecule has 5 heteroatoms. The number of aliphatic hydroxyl groups excluding tert-OH is 2. The fourth-order valence-electron chi connectivity index (χ4n) is 0.368. The topological polar surface area (TPSA) is 66.8 Å². The van der Waals surface area contributed by atoms with Crippen LogP contribution in [0.5, 0.6) is 0 Å². The molecule has 0 fully saturated rings. The molecular formula is C5H9FO4. The molecule has 0 aromatic carbocycles. The molecule has 0 saturated carbocycles. The Balaban J connectivity index is 3.81. The van der Waals surface area contributed by atoms with Crippen molar-refractivity contribution >= 4 is 5.97 Å². The molecule has 10 heavy (non-hydrogen) atoms. The Morgan fingerprint density at radius 3 is 2.60 bits per heavy atom. The van der Waals surface area contributed by atoms with Crippen LogP contribution in [0.4, 0.5) is 4.39 Å². The number of methoxy groups -OCH3 is 1. The third-order valence-electron chi connectivity index (χ3n) is 0.960. The van der Waals surface area contributed by atoms with Crippen LogP contribution in [0.2, 0.25) is 0 Å². The zero-order valence-electron chi connectivity index (χ0n) is 5.45. The predicted octanol–water partition coefficient (Wildman–Crippen LogP) is -1.15. The maximum atomic E-state index is 12.2. The molecule has 0 saturated heterocycles. The van der Waals surface area contributed by atoms with E-state index in [0.717, 1.165) is 7.11 Å². The zero-order chi connectivity index (χ0) is 8.15. The standard InChI is InChI=1S/C5H9FO4/c1-10-5(9)4(8)3(6)2-7/h3-4,7-8H,2H2,1H3/t3-,4+/m1/s1. The molecule has 0 aromatic rings. The molecule has 0 bridgehead atoms. The lowest BCUT2D eigenvalue weighted by molar-refractivity contribution is -0.154. The smallest absolute Gasteiger partial charge is 0.337 e. The molecule has 0 amide bonds. The Morgan fingerprint density at radius 2 is 2.30 bits per heavy atom. The number of carbonyl (C=O) groups is 1. The third kappa shape index (κ3) is 2.28. The molecule has 0 aliphatic carbocycles. The number of hydrogen-bond acceptors (Lipinski definition) is 4. The van der Waals surface area contributed by atoms with Crippen LogP contribution < -0.4 is 0 Å². The highest BCUT2D eigenvalue weighted by Gasteiger charge is 2.25. The summed E-state index contributed by atoms with van der Waals surface area (Å²) in [5.74, 6) is -1.08. The quantitative estimate of drug-likeness (QED) is 0.501. The van der Waals surface area contributed by atoms with Gasteiger partial charge < -0.3 is 14.9 Å². The van der Waals surface area contributed by atoms with E-state index in [-0.39, 0.29) is 0 Å². The maximum absolute atomic E-state index is 12.2. The SMILES string of the molecule is COC(=O)[C@@H](O)[C@H](F)CO. The average molecular weight is 152 g/mol. The second-order valence-electron chi connectivity index (χ2n) is 1.67. The molecule has 0 unspecified atom stereocenters. The van der Waals surface area contributed by atoms with Crippen molar-refractivity contribution in [3.63, 3.8) is 0 Å². The van der Waals surface area contributed by atoms with Crippen molar-refractivity contribution in [2.24, 2.45) is 0 Å². The molecule has 0 aliphatic rings. The van der Waals surface area contributed by atoms with Gasteiger partial charge in [0.15, 0.2) is 12.3 Å². The van der Waals surface area contributed by atoms with Crippen molar-refractivity contribution in [1.82, 2.24) is 0 Å². The van der Waals surface area contributed by atoms with Crippen molar-refractivity contribution in [3.05, 3.63) is 0 Å². The lowest BCUT2D eigenvalue weighted by atomic mass is 10.2. The van der Waals surface area contributed by atoms with E-state index >= 15 is 0 Å². The number of esters is 1. The minimum absolute atomic E-state index is 0.893. The van der Waals surface area contributed by atoms with E-state index in [4.69, 9.17) is 10.2 Å². The van der Waals surface area contributed by atoms with Gasteiger partial charge in [0.25, 0.3) is 0 Å². The summed E-state index contributed by atoms with van der Waals surface area (Å²) in [6, 6.07) is 0. The highest BCUT2D eigenvalue weighted by Crippen LogP contribution is 1.99. The van der Waals surface area contributed by atoms with Crippen molar-refractivity contribution in [2.45, 2.75) is 12.3 Å². The first-order valence-corrected chi connectivity index (χ1v) is 2.64. The molecule has 0 rings (SSSR count). The highest BCUT2D eigenvalue weighted by atomic mass is 19.1. The summed E-state index contributed by atoms with van der Waals surface area (Å²) in [6.07, 6.45) is -3.84. The maximum Gasteiger partial charge on any atom is 0.337 e. The van der Waals surface area contributed by atoms with E-state index in [0.29, 0.717) is 0 Å². The van der Waals surface area contributed by atoms with Crippen molar-refractivity contribution < 1.29 is 24.1 Å². The predicted molar refractivity (Wildman–Crippen MR) is 30.0 cm³/mol. The lowest BCUT2D eigenvalue weighted by Gasteiger charge is -2.09. The molecule has 0 spiro atoms. The van der Waals surface area contributed by atoms with Gasteiger partial charge in [-0.15, -0.1) is 0 Å². The van der Waals surface area contributed by atoms with Gasteiger partial charge in [-0.25, -0.2) is 9.18 Å². The van der Waals surface area contributed by atoms with Gasteiger partial charge in [-0.2, -0.15) is 0 Å². The van der Waals surface area contributed by atoms with Crippen LogP contribution in [-0.4, -0.2) is 42.2 Å². The first kappa shape index (κ1) is 9.32. The van der Waals surface area contributed by atoms with Gasteiger partial charge in [0, 0.05) is 0 Å². The number of aliphatic hydroxyl groups is 2. The number of halogens is 1. The van der Waals surface area contributed by atoms with Crippen LogP contribution in [0.15, 0.2) is 0 Å². The largest absolute Gasteiger partial charge is 0.467 e. The molecule has 2 atom stereocenters. The Kier molecular flexibility index (Phi) is 3.90. The summed E-state index contributed by atoms with van der Waals surface area (Å²) in [4.78, 5) is 10.3. The van der Waals surface area contributed by atoms with Gasteiger partial charge in [0.2, 0.25) is 0 Å². The first-order valence-electron chi connectivity index (χ1n) is 2.64. The normalized spacial score (nSPS) is 16.0. The molecule has 0 aliphatic heterocycles. The van der Waals surface area contributed by atoms with Gasteiger partial charge in [-0.1, -0.05) is 0 Å². The average Bonchev–Trinajstić information content (AvgIpc) is 2.00. The summed E-state index contributed by atoms with van der Waals surface area (Å²) in [5.41, 5.74) is 0. The molecule has 0 heterocycles. The van der Waals surface area contributed by atoms with Crippen LogP contribution in [0.1, 0.15) is 0 Å². The lowest BCUT2D eigenvalue weighted by Crippen LogP contribution is -2.34. The van der Waals surface area contributed by atoms with E-state index in [1.807, 2.05) is 0 Å². The fraction of sp³-hybridized carbons (Fsp3) is 0.800. The van der Waals surface area contributed by atoms with Gasteiger partial charge in [0.1, 0.15) is 0 Å². The van der Waals surface area contributed by atoms with Crippen molar-refractivity contribution in [1.29, 1.82) is 0 Å². The molecule has 60 valence electrons. The van der Waals surface area contributed by atoms with Gasteiger partial charge >= 0.3 is 5.97 Å². The second kappa shape index (κ2) is 4.19. The minimum Gasteiger partial charge on any atom is -0.467 e. The Bertz CT molecular complexity index is 116. The molecule has 2 N–H and O–H groups in total. The Morgan fingerprint density at radius 1 is 1.80 bits per heavy atom. The number of rotatable bonds is 3.